The van der Waals surface area contributed by atoms with Crippen LogP contribution in [0.2, 0.25) is 0 Å². The molecule has 0 aliphatic heterocycles. The zero-order valence-electron chi connectivity index (χ0n) is 12.4. The number of nitrogens with one attached hydrogen (secondary N) is 1. The lowest BCUT2D eigenvalue weighted by molar-refractivity contribution is -0.136. The molecule has 2 atom stereocenters. The summed E-state index contributed by atoms with van der Waals surface area (Å²) in [4.78, 5) is 11.5. The van der Waals surface area contributed by atoms with Crippen molar-refractivity contribution in [1.82, 2.24) is 5.32 Å². The zero-order chi connectivity index (χ0) is 14.3. The maximum Gasteiger partial charge on any atom is 0.333 e. The molecule has 2 N–H and O–H groups in total. The summed E-state index contributed by atoms with van der Waals surface area (Å²) in [5.74, 6) is 0.378. The van der Waals surface area contributed by atoms with E-state index in [4.69, 9.17) is 4.74 Å². The Kier molecular flexibility index (Phi) is 6.52. The molecule has 0 aromatic rings. The van der Waals surface area contributed by atoms with Gasteiger partial charge in [-0.25, -0.2) is 4.79 Å². The molecule has 4 heteroatoms. The fraction of sp³-hybridized carbons (Fsp3) is 0.800. The van der Waals surface area contributed by atoms with E-state index in [1.165, 1.54) is 13.5 Å². The normalized spacial score (nSPS) is 28.2. The van der Waals surface area contributed by atoms with Crippen LogP contribution < -0.4 is 5.32 Å². The molecule has 0 spiro atoms. The number of ether oxygens (including phenoxy) is 1. The Bertz CT molecular complexity index is 327. The summed E-state index contributed by atoms with van der Waals surface area (Å²) in [7, 11) is 1.40. The van der Waals surface area contributed by atoms with Gasteiger partial charge in [-0.3, -0.25) is 0 Å². The first-order valence-electron chi connectivity index (χ1n) is 7.20. The topological polar surface area (TPSA) is 58.6 Å². The van der Waals surface area contributed by atoms with Crippen molar-refractivity contribution in [2.45, 2.75) is 51.5 Å². The van der Waals surface area contributed by atoms with E-state index in [1.807, 2.05) is 13.0 Å². The van der Waals surface area contributed by atoms with Crippen molar-refractivity contribution in [2.75, 3.05) is 20.3 Å². The van der Waals surface area contributed by atoms with Crippen LogP contribution in [0.3, 0.4) is 0 Å². The molecule has 4 nitrogen and oxygen atoms in total. The first kappa shape index (κ1) is 16.2. The van der Waals surface area contributed by atoms with E-state index in [9.17, 15) is 9.90 Å². The molecule has 0 aromatic carbocycles. The van der Waals surface area contributed by atoms with Crippen molar-refractivity contribution >= 4 is 5.97 Å². The smallest absolute Gasteiger partial charge is 0.333 e. The van der Waals surface area contributed by atoms with E-state index in [1.54, 1.807) is 0 Å². The highest BCUT2D eigenvalue weighted by Gasteiger charge is 2.33. The highest BCUT2D eigenvalue weighted by molar-refractivity contribution is 5.88. The Balaban J connectivity index is 2.57. The minimum Gasteiger partial charge on any atom is -0.466 e. The zero-order valence-corrected chi connectivity index (χ0v) is 12.4. The highest BCUT2D eigenvalue weighted by Crippen LogP contribution is 2.31. The number of methoxy groups -OCH3 is 1. The van der Waals surface area contributed by atoms with Gasteiger partial charge in [-0.2, -0.15) is 0 Å². The molecule has 1 rings (SSSR count). The Hall–Kier alpha value is -0.870. The molecular weight excluding hydrogens is 242 g/mol. The van der Waals surface area contributed by atoms with Gasteiger partial charge in [-0.15, -0.1) is 0 Å². The van der Waals surface area contributed by atoms with Gasteiger partial charge in [0.15, 0.2) is 0 Å². The molecule has 1 fully saturated rings. The first-order valence-corrected chi connectivity index (χ1v) is 7.20. The van der Waals surface area contributed by atoms with E-state index < -0.39 is 0 Å². The van der Waals surface area contributed by atoms with Gasteiger partial charge in [0.25, 0.3) is 0 Å². The summed E-state index contributed by atoms with van der Waals surface area (Å²) in [5.41, 5.74) is 0.510. The molecule has 19 heavy (non-hydrogen) atoms. The molecule has 1 aliphatic rings. The van der Waals surface area contributed by atoms with Gasteiger partial charge in [0, 0.05) is 17.7 Å². The Morgan fingerprint density at radius 3 is 2.84 bits per heavy atom. The van der Waals surface area contributed by atoms with E-state index in [0.29, 0.717) is 24.5 Å². The average Bonchev–Trinajstić information content (AvgIpc) is 2.43. The Labute approximate surface area is 116 Å². The molecular formula is C15H27NO3. The fourth-order valence-corrected chi connectivity index (χ4v) is 2.91. The average molecular weight is 269 g/mol. The number of aliphatic hydroxyl groups is 1. The van der Waals surface area contributed by atoms with E-state index >= 15 is 0 Å². The van der Waals surface area contributed by atoms with Gasteiger partial charge in [0.2, 0.25) is 0 Å². The van der Waals surface area contributed by atoms with E-state index in [2.05, 4.69) is 12.2 Å². The standard InChI is InChI=1S/C15H27NO3/c1-4-13(14(18)19-3)7-9-16-15(11-17)8-5-6-12(2)10-15/h7,12,16-17H,4-6,8-11H2,1-3H3. The van der Waals surface area contributed by atoms with Crippen molar-refractivity contribution in [1.29, 1.82) is 0 Å². The lowest BCUT2D eigenvalue weighted by Crippen LogP contribution is -2.51. The van der Waals surface area contributed by atoms with Gasteiger partial charge < -0.3 is 15.2 Å². The van der Waals surface area contributed by atoms with Crippen LogP contribution >= 0.6 is 0 Å². The molecule has 0 heterocycles. The Morgan fingerprint density at radius 1 is 1.58 bits per heavy atom. The predicted octanol–water partition coefficient (Wildman–Crippen LogP) is 2.03. The summed E-state index contributed by atoms with van der Waals surface area (Å²) in [6, 6.07) is 0. The second kappa shape index (κ2) is 7.65. The maximum atomic E-state index is 11.5. The van der Waals surface area contributed by atoms with Gasteiger partial charge in [0.1, 0.15) is 0 Å². The summed E-state index contributed by atoms with van der Waals surface area (Å²) < 4.78 is 4.73. The third-order valence-corrected chi connectivity index (χ3v) is 4.05. The third kappa shape index (κ3) is 4.62. The van der Waals surface area contributed by atoms with E-state index in [0.717, 1.165) is 19.3 Å². The van der Waals surface area contributed by atoms with Crippen molar-refractivity contribution in [3.63, 3.8) is 0 Å². The quantitative estimate of drug-likeness (QED) is 0.572. The molecule has 1 aliphatic carbocycles. The van der Waals surface area contributed by atoms with Crippen LogP contribution in [0.4, 0.5) is 0 Å². The lowest BCUT2D eigenvalue weighted by Gasteiger charge is -2.39. The van der Waals surface area contributed by atoms with Crippen LogP contribution in [-0.2, 0) is 9.53 Å². The number of carbonyl (C=O) groups excluding carboxylic acids is 1. The monoisotopic (exact) mass is 269 g/mol. The van der Waals surface area contributed by atoms with Crippen LogP contribution in [0.1, 0.15) is 46.0 Å². The van der Waals surface area contributed by atoms with Crippen LogP contribution in [0.25, 0.3) is 0 Å². The number of hydrogen-bond acceptors (Lipinski definition) is 4. The van der Waals surface area contributed by atoms with Gasteiger partial charge >= 0.3 is 5.97 Å². The van der Waals surface area contributed by atoms with E-state index in [-0.39, 0.29) is 18.1 Å². The molecule has 110 valence electrons. The number of hydrogen-bond donors (Lipinski definition) is 2. The summed E-state index contributed by atoms with van der Waals surface area (Å²) in [5, 5.41) is 13.1. The van der Waals surface area contributed by atoms with Crippen molar-refractivity contribution < 1.29 is 14.6 Å². The molecule has 0 radical (unpaired) electrons. The van der Waals surface area contributed by atoms with Gasteiger partial charge in [0.05, 0.1) is 13.7 Å². The summed E-state index contributed by atoms with van der Waals surface area (Å²) >= 11 is 0. The molecule has 1 saturated carbocycles. The predicted molar refractivity (Wildman–Crippen MR) is 75.8 cm³/mol. The summed E-state index contributed by atoms with van der Waals surface area (Å²) in [6.45, 7) is 4.93. The van der Waals surface area contributed by atoms with Crippen molar-refractivity contribution in [2.24, 2.45) is 5.92 Å². The van der Waals surface area contributed by atoms with Crippen LogP contribution in [-0.4, -0.2) is 36.9 Å². The third-order valence-electron chi connectivity index (χ3n) is 4.05. The first-order chi connectivity index (χ1) is 9.06. The number of rotatable bonds is 6. The number of aliphatic hydroxyl groups excluding tert-OH is 1. The number of esters is 1. The van der Waals surface area contributed by atoms with Gasteiger partial charge in [-0.1, -0.05) is 32.8 Å². The molecule has 0 bridgehead atoms. The molecule has 2 unspecified atom stereocenters. The minimum atomic E-state index is -0.264. The molecule has 0 amide bonds. The maximum absolute atomic E-state index is 11.5. The van der Waals surface area contributed by atoms with Gasteiger partial charge in [-0.05, 0) is 25.2 Å². The van der Waals surface area contributed by atoms with Crippen LogP contribution in [0.15, 0.2) is 11.6 Å². The van der Waals surface area contributed by atoms with Crippen molar-refractivity contribution in [3.05, 3.63) is 11.6 Å². The molecule has 0 saturated heterocycles. The molecule has 0 aromatic heterocycles. The van der Waals surface area contributed by atoms with Crippen LogP contribution in [0.5, 0.6) is 0 Å². The van der Waals surface area contributed by atoms with Crippen molar-refractivity contribution in [3.8, 4) is 0 Å². The lowest BCUT2D eigenvalue weighted by atomic mass is 9.77. The largest absolute Gasteiger partial charge is 0.466 e. The van der Waals surface area contributed by atoms with Crippen LogP contribution in [0, 0.1) is 5.92 Å². The summed E-state index contributed by atoms with van der Waals surface area (Å²) in [6.07, 6.45) is 6.93. The minimum absolute atomic E-state index is 0.158. The SMILES string of the molecule is CCC(=CCNC1(CO)CCCC(C)C1)C(=O)OC. The highest BCUT2D eigenvalue weighted by atomic mass is 16.5. The number of carbonyl (C=O) groups is 1. The second-order valence-electron chi connectivity index (χ2n) is 5.60. The second-order valence-corrected chi connectivity index (χ2v) is 5.60. The fourth-order valence-electron chi connectivity index (χ4n) is 2.91. The Morgan fingerprint density at radius 2 is 2.32 bits per heavy atom.